The molecule has 0 aliphatic carbocycles. The predicted octanol–water partition coefficient (Wildman–Crippen LogP) is 2.72. The highest BCUT2D eigenvalue weighted by Gasteiger charge is 2.30. The first-order valence-electron chi connectivity index (χ1n) is 11.2. The summed E-state index contributed by atoms with van der Waals surface area (Å²) < 4.78 is 5.39. The maximum Gasteiger partial charge on any atom is 0.239 e. The molecule has 0 aromatic heterocycles. The molecule has 2 heterocycles. The number of aryl methyl sites for hydroxylation is 1. The molecule has 7 nitrogen and oxygen atoms in total. The monoisotopic (exact) mass is 543 g/mol. The van der Waals surface area contributed by atoms with Crippen LogP contribution in [0.5, 0.6) is 5.75 Å². The Labute approximate surface area is 204 Å². The standard InChI is InChI=1S/C23H37N5O2.HI/c1-5-24-23(25-17-20-14-18(2)15-21(16-20)30-4)28-12-10-26(11-13-28)19(3)22(29)27-8-6-7-9-27;/h14-16,19H,5-13,17H2,1-4H3,(H,24,25);1H. The molecule has 2 saturated heterocycles. The molecule has 0 radical (unpaired) electrons. The van der Waals surface area contributed by atoms with Crippen molar-refractivity contribution in [3.8, 4) is 5.75 Å². The second-order valence-corrected chi connectivity index (χ2v) is 8.26. The van der Waals surface area contributed by atoms with Crippen LogP contribution in [0.4, 0.5) is 0 Å². The van der Waals surface area contributed by atoms with Crippen LogP contribution in [-0.2, 0) is 11.3 Å². The maximum atomic E-state index is 12.7. The topological polar surface area (TPSA) is 60.4 Å². The van der Waals surface area contributed by atoms with Crippen LogP contribution in [0.2, 0.25) is 0 Å². The molecule has 3 rings (SSSR count). The van der Waals surface area contributed by atoms with Crippen LogP contribution in [-0.4, -0.2) is 85.5 Å². The second kappa shape index (κ2) is 12.5. The van der Waals surface area contributed by atoms with Gasteiger partial charge in [-0.3, -0.25) is 9.69 Å². The van der Waals surface area contributed by atoms with Gasteiger partial charge in [0.05, 0.1) is 19.7 Å². The number of nitrogens with one attached hydrogen (secondary N) is 1. The van der Waals surface area contributed by atoms with Crippen LogP contribution < -0.4 is 10.1 Å². The fraction of sp³-hybridized carbons (Fsp3) is 0.652. The average Bonchev–Trinajstić information content (AvgIpc) is 3.30. The van der Waals surface area contributed by atoms with Gasteiger partial charge in [0, 0.05) is 45.8 Å². The molecule has 1 unspecified atom stereocenters. The van der Waals surface area contributed by atoms with E-state index in [9.17, 15) is 4.79 Å². The van der Waals surface area contributed by atoms with E-state index in [1.165, 1.54) is 5.56 Å². The molecule has 2 aliphatic heterocycles. The Morgan fingerprint density at radius 2 is 1.77 bits per heavy atom. The summed E-state index contributed by atoms with van der Waals surface area (Å²) in [7, 11) is 1.70. The minimum Gasteiger partial charge on any atom is -0.497 e. The molecule has 0 spiro atoms. The summed E-state index contributed by atoms with van der Waals surface area (Å²) in [5, 5.41) is 3.43. The lowest BCUT2D eigenvalue weighted by atomic mass is 10.1. The molecule has 2 fully saturated rings. The zero-order valence-electron chi connectivity index (χ0n) is 19.4. The molecule has 1 aromatic rings. The number of amides is 1. The van der Waals surface area contributed by atoms with Crippen LogP contribution in [0.25, 0.3) is 0 Å². The predicted molar refractivity (Wildman–Crippen MR) is 136 cm³/mol. The van der Waals surface area contributed by atoms with Crippen molar-refractivity contribution in [3.05, 3.63) is 29.3 Å². The molecule has 2 aliphatic rings. The van der Waals surface area contributed by atoms with Crippen LogP contribution in [0.3, 0.4) is 0 Å². The van der Waals surface area contributed by atoms with E-state index in [-0.39, 0.29) is 35.9 Å². The molecule has 0 bridgehead atoms. The Morgan fingerprint density at radius 3 is 2.39 bits per heavy atom. The number of rotatable bonds is 6. The number of carbonyl (C=O) groups is 1. The third-order valence-corrected chi connectivity index (χ3v) is 6.03. The highest BCUT2D eigenvalue weighted by Crippen LogP contribution is 2.18. The van der Waals surface area contributed by atoms with Gasteiger partial charge in [-0.15, -0.1) is 24.0 Å². The molecular formula is C23H38IN5O2. The average molecular weight is 543 g/mol. The van der Waals surface area contributed by atoms with Crippen LogP contribution in [0, 0.1) is 6.92 Å². The minimum absolute atomic E-state index is 0. The highest BCUT2D eigenvalue weighted by atomic mass is 127. The lowest BCUT2D eigenvalue weighted by Crippen LogP contribution is -2.57. The van der Waals surface area contributed by atoms with Crippen molar-refractivity contribution in [2.24, 2.45) is 4.99 Å². The van der Waals surface area contributed by atoms with Gasteiger partial charge >= 0.3 is 0 Å². The Hall–Kier alpha value is -1.55. The summed E-state index contributed by atoms with van der Waals surface area (Å²) in [6, 6.07) is 6.19. The van der Waals surface area contributed by atoms with E-state index in [2.05, 4.69) is 42.0 Å². The summed E-state index contributed by atoms with van der Waals surface area (Å²) >= 11 is 0. The van der Waals surface area contributed by atoms with E-state index >= 15 is 0 Å². The smallest absolute Gasteiger partial charge is 0.239 e. The Bertz CT molecular complexity index is 743. The van der Waals surface area contributed by atoms with E-state index in [1.54, 1.807) is 7.11 Å². The number of methoxy groups -OCH3 is 1. The fourth-order valence-electron chi connectivity index (χ4n) is 4.30. The molecule has 1 N–H and O–H groups in total. The van der Waals surface area contributed by atoms with E-state index in [4.69, 9.17) is 9.73 Å². The Morgan fingerprint density at radius 1 is 1.10 bits per heavy atom. The van der Waals surface area contributed by atoms with Gasteiger partial charge in [-0.05, 0) is 56.9 Å². The number of carbonyl (C=O) groups excluding carboxylic acids is 1. The first-order valence-corrected chi connectivity index (χ1v) is 11.2. The first kappa shape index (κ1) is 25.7. The normalized spacial score (nSPS) is 18.5. The lowest BCUT2D eigenvalue weighted by molar-refractivity contribution is -0.135. The van der Waals surface area contributed by atoms with Crippen molar-refractivity contribution in [1.29, 1.82) is 0 Å². The summed E-state index contributed by atoms with van der Waals surface area (Å²) in [5.41, 5.74) is 2.32. The van der Waals surface area contributed by atoms with E-state index in [1.807, 2.05) is 17.0 Å². The summed E-state index contributed by atoms with van der Waals surface area (Å²) in [6.45, 7) is 13.0. The van der Waals surface area contributed by atoms with Gasteiger partial charge < -0.3 is 19.9 Å². The van der Waals surface area contributed by atoms with E-state index in [0.717, 1.165) is 75.9 Å². The van der Waals surface area contributed by atoms with Gasteiger partial charge in [0.1, 0.15) is 5.75 Å². The summed E-state index contributed by atoms with van der Waals surface area (Å²) in [6.07, 6.45) is 2.28. The van der Waals surface area contributed by atoms with Crippen molar-refractivity contribution in [2.45, 2.75) is 46.2 Å². The number of aliphatic imine (C=N–C) groups is 1. The molecule has 8 heteroatoms. The quantitative estimate of drug-likeness (QED) is 0.340. The Kier molecular flexibility index (Phi) is 10.3. The van der Waals surface area contributed by atoms with Gasteiger partial charge in [0.2, 0.25) is 5.91 Å². The van der Waals surface area contributed by atoms with Crippen molar-refractivity contribution < 1.29 is 9.53 Å². The zero-order valence-corrected chi connectivity index (χ0v) is 21.7. The number of nitrogens with zero attached hydrogens (tertiary/aromatic N) is 4. The molecule has 174 valence electrons. The zero-order chi connectivity index (χ0) is 21.5. The number of hydrogen-bond acceptors (Lipinski definition) is 4. The SMILES string of the molecule is CCNC(=NCc1cc(C)cc(OC)c1)N1CCN(C(C)C(=O)N2CCCC2)CC1.I. The number of ether oxygens (including phenoxy) is 1. The van der Waals surface area contributed by atoms with E-state index in [0.29, 0.717) is 6.54 Å². The Balaban J connectivity index is 0.00000341. The van der Waals surface area contributed by atoms with Crippen molar-refractivity contribution in [2.75, 3.05) is 52.9 Å². The minimum atomic E-state index is -0.0375. The molecule has 1 aromatic carbocycles. The van der Waals surface area contributed by atoms with Crippen molar-refractivity contribution in [3.63, 3.8) is 0 Å². The first-order chi connectivity index (χ1) is 14.5. The second-order valence-electron chi connectivity index (χ2n) is 8.26. The third-order valence-electron chi connectivity index (χ3n) is 6.03. The third kappa shape index (κ3) is 6.97. The number of guanidine groups is 1. The van der Waals surface area contributed by atoms with Crippen molar-refractivity contribution in [1.82, 2.24) is 20.0 Å². The van der Waals surface area contributed by atoms with E-state index < -0.39 is 0 Å². The molecule has 31 heavy (non-hydrogen) atoms. The number of benzene rings is 1. The van der Waals surface area contributed by atoms with Crippen LogP contribution in [0.1, 0.15) is 37.8 Å². The lowest BCUT2D eigenvalue weighted by Gasteiger charge is -2.39. The van der Waals surface area contributed by atoms with Gasteiger partial charge in [0.25, 0.3) is 0 Å². The highest BCUT2D eigenvalue weighted by molar-refractivity contribution is 14.0. The summed E-state index contributed by atoms with van der Waals surface area (Å²) in [4.78, 5) is 24.2. The largest absolute Gasteiger partial charge is 0.497 e. The van der Waals surface area contributed by atoms with Crippen molar-refractivity contribution >= 4 is 35.8 Å². The number of piperazine rings is 1. The van der Waals surface area contributed by atoms with Gasteiger partial charge in [-0.1, -0.05) is 6.07 Å². The van der Waals surface area contributed by atoms with Gasteiger partial charge in [0.15, 0.2) is 5.96 Å². The fourth-order valence-corrected chi connectivity index (χ4v) is 4.30. The number of halogens is 1. The van der Waals surface area contributed by atoms with Gasteiger partial charge in [-0.2, -0.15) is 0 Å². The van der Waals surface area contributed by atoms with Crippen LogP contribution in [0.15, 0.2) is 23.2 Å². The molecular weight excluding hydrogens is 505 g/mol. The number of likely N-dealkylation sites (tertiary alicyclic amines) is 1. The maximum absolute atomic E-state index is 12.7. The summed E-state index contributed by atoms with van der Waals surface area (Å²) in [5.74, 6) is 2.10. The molecule has 1 amide bonds. The van der Waals surface area contributed by atoms with Gasteiger partial charge in [-0.25, -0.2) is 4.99 Å². The molecule has 0 saturated carbocycles. The molecule has 1 atom stereocenters. The van der Waals surface area contributed by atoms with Crippen LogP contribution >= 0.6 is 24.0 Å². The number of hydrogen-bond donors (Lipinski definition) is 1.